The molecule has 0 radical (unpaired) electrons. The minimum atomic E-state index is 0.131. The van der Waals surface area contributed by atoms with Gasteiger partial charge in [0.05, 0.1) is 11.4 Å². The maximum absolute atomic E-state index is 12.5. The molecule has 0 atom stereocenters. The lowest BCUT2D eigenvalue weighted by molar-refractivity contribution is -0.118. The molecule has 0 saturated heterocycles. The Bertz CT molecular complexity index is 981. The van der Waals surface area contributed by atoms with Crippen LogP contribution in [-0.4, -0.2) is 26.7 Å². The fourth-order valence-corrected chi connectivity index (χ4v) is 3.83. The average molecular weight is 381 g/mol. The number of aryl methyl sites for hydroxylation is 1. The zero-order valence-corrected chi connectivity index (χ0v) is 16.1. The van der Waals surface area contributed by atoms with Gasteiger partial charge in [0, 0.05) is 42.2 Å². The largest absolute Gasteiger partial charge is 0.310 e. The highest BCUT2D eigenvalue weighted by atomic mass is 35.5. The van der Waals surface area contributed by atoms with Crippen LogP contribution in [0.2, 0.25) is 5.15 Å². The first-order chi connectivity index (χ1) is 13.0. The van der Waals surface area contributed by atoms with Crippen LogP contribution >= 0.6 is 11.6 Å². The second kappa shape index (κ2) is 7.16. The van der Waals surface area contributed by atoms with Crippen LogP contribution in [0, 0.1) is 0 Å². The molecule has 4 rings (SSSR count). The van der Waals surface area contributed by atoms with Crippen molar-refractivity contribution < 1.29 is 4.79 Å². The van der Waals surface area contributed by atoms with Crippen molar-refractivity contribution in [3.8, 4) is 16.9 Å². The number of hydrogen-bond acceptors (Lipinski definition) is 3. The smallest absolute Gasteiger partial charge is 0.227 e. The van der Waals surface area contributed by atoms with Crippen LogP contribution in [0.3, 0.4) is 0 Å². The lowest BCUT2D eigenvalue weighted by Gasteiger charge is -2.27. The van der Waals surface area contributed by atoms with Crippen LogP contribution < -0.4 is 4.90 Å². The molecule has 6 heteroatoms. The van der Waals surface area contributed by atoms with Gasteiger partial charge < -0.3 is 4.90 Å². The van der Waals surface area contributed by atoms with E-state index in [9.17, 15) is 4.79 Å². The van der Waals surface area contributed by atoms with Crippen LogP contribution in [0.15, 0.2) is 48.8 Å². The zero-order valence-electron chi connectivity index (χ0n) is 15.4. The summed E-state index contributed by atoms with van der Waals surface area (Å²) in [5, 5.41) is 5.22. The van der Waals surface area contributed by atoms with E-state index < -0.39 is 0 Å². The number of aromatic nitrogens is 3. The van der Waals surface area contributed by atoms with Gasteiger partial charge in [-0.15, -0.1) is 0 Å². The van der Waals surface area contributed by atoms with E-state index in [0.717, 1.165) is 41.0 Å². The number of amides is 1. The van der Waals surface area contributed by atoms with Crippen molar-refractivity contribution in [3.05, 3.63) is 59.5 Å². The van der Waals surface area contributed by atoms with Gasteiger partial charge in [0.15, 0.2) is 0 Å². The lowest BCUT2D eigenvalue weighted by Crippen LogP contribution is -2.36. The van der Waals surface area contributed by atoms with Gasteiger partial charge in [-0.25, -0.2) is 4.68 Å². The van der Waals surface area contributed by atoms with Crippen LogP contribution in [-0.2, 0) is 11.2 Å². The summed E-state index contributed by atoms with van der Waals surface area (Å²) in [6.45, 7) is 4.10. The molecule has 1 aliphatic rings. The van der Waals surface area contributed by atoms with Crippen molar-refractivity contribution in [2.24, 2.45) is 0 Å². The summed E-state index contributed by atoms with van der Waals surface area (Å²) in [6.07, 6.45) is 5.78. The maximum Gasteiger partial charge on any atom is 0.227 e. The molecule has 27 heavy (non-hydrogen) atoms. The number of fused-ring (bicyclic) bond motifs is 1. The van der Waals surface area contributed by atoms with Gasteiger partial charge in [-0.05, 0) is 62.6 Å². The van der Waals surface area contributed by atoms with Gasteiger partial charge in [0.25, 0.3) is 0 Å². The summed E-state index contributed by atoms with van der Waals surface area (Å²) in [7, 11) is 0. The lowest BCUT2D eigenvalue weighted by atomic mass is 10.1. The fourth-order valence-electron chi connectivity index (χ4n) is 3.59. The topological polar surface area (TPSA) is 51.0 Å². The van der Waals surface area contributed by atoms with Gasteiger partial charge in [-0.1, -0.05) is 11.6 Å². The Morgan fingerprint density at radius 2 is 1.85 bits per heavy atom. The minimum absolute atomic E-state index is 0.131. The Hall–Kier alpha value is -2.66. The van der Waals surface area contributed by atoms with E-state index in [-0.39, 0.29) is 11.9 Å². The third-order valence-corrected chi connectivity index (χ3v) is 5.10. The highest BCUT2D eigenvalue weighted by molar-refractivity contribution is 6.30. The highest BCUT2D eigenvalue weighted by Gasteiger charge is 2.25. The van der Waals surface area contributed by atoms with Crippen LogP contribution in [0.25, 0.3) is 16.9 Å². The van der Waals surface area contributed by atoms with E-state index in [1.807, 2.05) is 49.1 Å². The van der Waals surface area contributed by atoms with E-state index in [1.165, 1.54) is 0 Å². The van der Waals surface area contributed by atoms with Gasteiger partial charge in [0.1, 0.15) is 5.15 Å². The van der Waals surface area contributed by atoms with Crippen LogP contribution in [0.1, 0.15) is 32.3 Å². The standard InChI is InChI=1S/C21H21ClN4O/c1-14(2)25-19-7-6-17(12-16(19)4-3-5-21(25)27)26-20(22)13-18(24-26)15-8-10-23-11-9-15/h6-14H,3-5H2,1-2H3. The predicted molar refractivity (Wildman–Crippen MR) is 107 cm³/mol. The Kier molecular flexibility index (Phi) is 4.70. The van der Waals surface area contributed by atoms with Crippen molar-refractivity contribution in [2.75, 3.05) is 4.90 Å². The molecule has 2 aromatic heterocycles. The second-order valence-electron chi connectivity index (χ2n) is 7.02. The molecular weight excluding hydrogens is 360 g/mol. The van der Waals surface area contributed by atoms with E-state index in [4.69, 9.17) is 11.6 Å². The summed E-state index contributed by atoms with van der Waals surface area (Å²) in [4.78, 5) is 18.4. The summed E-state index contributed by atoms with van der Waals surface area (Å²) in [6, 6.07) is 11.9. The minimum Gasteiger partial charge on any atom is -0.310 e. The average Bonchev–Trinajstić information content (AvgIpc) is 2.96. The van der Waals surface area contributed by atoms with Crippen molar-refractivity contribution in [2.45, 2.75) is 39.2 Å². The van der Waals surface area contributed by atoms with Crippen molar-refractivity contribution in [3.63, 3.8) is 0 Å². The summed E-state index contributed by atoms with van der Waals surface area (Å²) < 4.78 is 1.74. The van der Waals surface area contributed by atoms with Crippen molar-refractivity contribution in [1.82, 2.24) is 14.8 Å². The molecule has 3 heterocycles. The van der Waals surface area contributed by atoms with E-state index >= 15 is 0 Å². The fraction of sp³-hybridized carbons (Fsp3) is 0.286. The van der Waals surface area contributed by atoms with Crippen molar-refractivity contribution in [1.29, 1.82) is 0 Å². The van der Waals surface area contributed by atoms with Gasteiger partial charge >= 0.3 is 0 Å². The number of anilines is 1. The Balaban J connectivity index is 1.75. The number of carbonyl (C=O) groups excluding carboxylic acids is 1. The van der Waals surface area contributed by atoms with Gasteiger partial charge in [0.2, 0.25) is 5.91 Å². The Labute approximate surface area is 163 Å². The quantitative estimate of drug-likeness (QED) is 0.663. The zero-order chi connectivity index (χ0) is 19.0. The predicted octanol–water partition coefficient (Wildman–Crippen LogP) is 4.67. The Morgan fingerprint density at radius 3 is 2.59 bits per heavy atom. The second-order valence-corrected chi connectivity index (χ2v) is 7.41. The molecule has 5 nitrogen and oxygen atoms in total. The summed E-state index contributed by atoms with van der Waals surface area (Å²) in [5.74, 6) is 0.189. The number of rotatable bonds is 3. The molecule has 3 aromatic rings. The van der Waals surface area contributed by atoms with Gasteiger partial charge in [-0.3, -0.25) is 9.78 Å². The third kappa shape index (κ3) is 3.35. The molecule has 0 N–H and O–H groups in total. The summed E-state index contributed by atoms with van der Waals surface area (Å²) >= 11 is 6.47. The molecular formula is C21H21ClN4O. The maximum atomic E-state index is 12.5. The molecule has 0 unspecified atom stereocenters. The molecule has 0 fully saturated rings. The first-order valence-electron chi connectivity index (χ1n) is 9.16. The number of pyridine rings is 1. The monoisotopic (exact) mass is 380 g/mol. The van der Waals surface area contributed by atoms with E-state index in [0.29, 0.717) is 11.6 Å². The van der Waals surface area contributed by atoms with Crippen LogP contribution in [0.5, 0.6) is 0 Å². The first kappa shape index (κ1) is 17.7. The van der Waals surface area contributed by atoms with Gasteiger partial charge in [-0.2, -0.15) is 5.10 Å². The molecule has 0 spiro atoms. The van der Waals surface area contributed by atoms with E-state index in [2.05, 4.69) is 16.1 Å². The SMILES string of the molecule is CC(C)N1C(=O)CCCc2cc(-n3nc(-c4ccncc4)cc3Cl)ccc21. The molecule has 0 saturated carbocycles. The first-order valence-corrected chi connectivity index (χ1v) is 9.53. The normalized spacial score (nSPS) is 14.4. The number of carbonyl (C=O) groups is 1. The molecule has 1 amide bonds. The number of hydrogen-bond donors (Lipinski definition) is 0. The summed E-state index contributed by atoms with van der Waals surface area (Å²) in [5.41, 5.74) is 4.82. The number of halogens is 1. The molecule has 138 valence electrons. The number of benzene rings is 1. The Morgan fingerprint density at radius 1 is 1.07 bits per heavy atom. The van der Waals surface area contributed by atoms with Crippen LogP contribution in [0.4, 0.5) is 5.69 Å². The molecule has 0 aliphatic carbocycles. The molecule has 0 bridgehead atoms. The van der Waals surface area contributed by atoms with Crippen molar-refractivity contribution >= 4 is 23.2 Å². The molecule has 1 aliphatic heterocycles. The number of nitrogens with zero attached hydrogens (tertiary/aromatic N) is 4. The third-order valence-electron chi connectivity index (χ3n) is 4.83. The molecule has 1 aromatic carbocycles. The highest BCUT2D eigenvalue weighted by Crippen LogP contribution is 2.32. The van der Waals surface area contributed by atoms with E-state index in [1.54, 1.807) is 17.1 Å².